The van der Waals surface area contributed by atoms with Gasteiger partial charge in [0, 0.05) is 44.3 Å². The summed E-state index contributed by atoms with van der Waals surface area (Å²) in [5.74, 6) is 5.68. The van der Waals surface area contributed by atoms with E-state index in [4.69, 9.17) is 5.84 Å². The summed E-state index contributed by atoms with van der Waals surface area (Å²) >= 11 is 0. The molecule has 0 saturated carbocycles. The molecule has 0 atom stereocenters. The molecule has 1 aliphatic heterocycles. The molecule has 3 N–H and O–H groups in total. The number of nitrogens with zero attached hydrogens (tertiary/aromatic N) is 11. The second kappa shape index (κ2) is 13.4. The molecule has 0 saturated heterocycles. The zero-order chi connectivity index (χ0) is 26.0. The van der Waals surface area contributed by atoms with E-state index < -0.39 is 0 Å². The predicted octanol–water partition coefficient (Wildman–Crippen LogP) is -0.572. The van der Waals surface area contributed by atoms with E-state index in [9.17, 15) is 0 Å². The maximum atomic E-state index is 5.68. The van der Waals surface area contributed by atoms with Gasteiger partial charge in [0.25, 0.3) is 5.69 Å². The number of aromatic nitrogens is 12. The van der Waals surface area contributed by atoms with E-state index in [1.54, 1.807) is 86.8 Å². The third kappa shape index (κ3) is 6.82. The van der Waals surface area contributed by atoms with E-state index in [1.165, 1.54) is 4.68 Å². The molecule has 7 heterocycles. The molecule has 6 aromatic heterocycles. The van der Waals surface area contributed by atoms with Crippen molar-refractivity contribution >= 4 is 0 Å². The van der Waals surface area contributed by atoms with E-state index in [0.29, 0.717) is 0 Å². The molecule has 0 bridgehead atoms. The Morgan fingerprint density at radius 2 is 1.08 bits per heavy atom. The van der Waals surface area contributed by atoms with Crippen LogP contribution in [0.5, 0.6) is 0 Å². The van der Waals surface area contributed by atoms with Gasteiger partial charge in [-0.2, -0.15) is 0 Å². The number of nitrogen functional groups attached to an aromatic ring is 1. The Kier molecular flexibility index (Phi) is 9.29. The summed E-state index contributed by atoms with van der Waals surface area (Å²) < 4.78 is 5.76. The van der Waals surface area contributed by atoms with Crippen molar-refractivity contribution in [2.24, 2.45) is 0 Å². The number of hydrogen-bond acceptors (Lipinski definition) is 9. The molecule has 6 aromatic rings. The molecule has 0 amide bonds. The first-order chi connectivity index (χ1) is 18.8. The van der Waals surface area contributed by atoms with Crippen molar-refractivity contribution in [2.75, 3.05) is 5.84 Å². The topological polar surface area (TPSA) is 155 Å². The molecular formula is C25H23N13Ru+4. The zero-order valence-electron chi connectivity index (χ0n) is 20.4. The van der Waals surface area contributed by atoms with Crippen molar-refractivity contribution in [1.82, 2.24) is 39.9 Å². The molecule has 0 fully saturated rings. The summed E-state index contributed by atoms with van der Waals surface area (Å²) in [6, 6.07) is 0. The Bertz CT molecular complexity index is 1520. The molecule has 0 spiro atoms. The molecule has 0 aliphatic carbocycles. The van der Waals surface area contributed by atoms with E-state index >= 15 is 0 Å². The van der Waals surface area contributed by atoms with Crippen molar-refractivity contribution in [3.8, 4) is 34.2 Å². The fraction of sp³-hybridized carbons (Fsp3) is 0.0400. The first-order valence-corrected chi connectivity index (χ1v) is 11.4. The Hall–Kier alpha value is -5.10. The van der Waals surface area contributed by atoms with Crippen molar-refractivity contribution < 1.29 is 38.3 Å². The minimum absolute atomic E-state index is 0. The van der Waals surface area contributed by atoms with Gasteiger partial charge in [-0.05, 0) is 0 Å². The number of aromatic amines is 1. The molecule has 0 unspecified atom stereocenters. The molecule has 7 rings (SSSR count). The van der Waals surface area contributed by atoms with Gasteiger partial charge in [-0.3, -0.25) is 34.9 Å². The first kappa shape index (κ1) is 27.0. The van der Waals surface area contributed by atoms with Gasteiger partial charge in [-0.15, -0.1) is 9.13 Å². The van der Waals surface area contributed by atoms with Crippen LogP contribution in [0.15, 0.2) is 112 Å². The maximum Gasteiger partial charge on any atom is 0.345 e. The minimum atomic E-state index is 0. The molecule has 0 radical (unpaired) electrons. The van der Waals surface area contributed by atoms with Crippen LogP contribution in [0.1, 0.15) is 0 Å². The second-order valence-corrected chi connectivity index (χ2v) is 7.70. The summed E-state index contributed by atoms with van der Waals surface area (Å²) in [6.07, 6.45) is 31.2. The predicted molar refractivity (Wildman–Crippen MR) is 131 cm³/mol. The Morgan fingerprint density at radius 3 is 1.56 bits per heavy atom. The van der Waals surface area contributed by atoms with Crippen molar-refractivity contribution in [1.29, 1.82) is 0 Å². The van der Waals surface area contributed by atoms with Gasteiger partial charge in [-0.1, -0.05) is 4.68 Å². The second-order valence-electron chi connectivity index (χ2n) is 7.70. The average molecular weight is 607 g/mol. The van der Waals surface area contributed by atoms with Crippen LogP contribution in [0, 0.1) is 0 Å². The van der Waals surface area contributed by atoms with E-state index in [1.807, 2.05) is 24.8 Å². The van der Waals surface area contributed by atoms with Crippen LogP contribution in [0.2, 0.25) is 0 Å². The number of hydrogen-bond donors (Lipinski definition) is 1. The molecule has 0 aromatic carbocycles. The van der Waals surface area contributed by atoms with Crippen LogP contribution in [-0.2, 0) is 26.1 Å². The molecule has 192 valence electrons. The smallest absolute Gasteiger partial charge is 0.261 e. The minimum Gasteiger partial charge on any atom is -0.261 e. The van der Waals surface area contributed by atoms with Crippen molar-refractivity contribution in [3.05, 3.63) is 112 Å². The number of rotatable bonds is 2. The van der Waals surface area contributed by atoms with Gasteiger partial charge in [0.05, 0.1) is 37.2 Å². The summed E-state index contributed by atoms with van der Waals surface area (Å²) in [4.78, 5) is 35.2. The number of H-pyrrole nitrogens is 1. The molecule has 1 aliphatic rings. The van der Waals surface area contributed by atoms with Crippen LogP contribution in [0.25, 0.3) is 34.2 Å². The SMILES string of the molecule is N[n+]1ccncc1-c1c[nH+]ccn1.[Ru].c1c[n+]2c(cn1)-c1cncc[n+]1C2.c1cnc(-c2cnccn2)cn1. The van der Waals surface area contributed by atoms with Crippen LogP contribution in [0.3, 0.4) is 0 Å². The standard InChI is InChI=1S/C9H8N4.C8H8N5.C8H6N4.Ru/c1-3-12-7-13-4-2-11-6-9(13)8(12)5-10-1;9-13-4-3-11-6-8(13)7-5-10-1-2-12-7;1-3-11-7(5-9-1)8-6-10-2-4-12-8;/h1-6H,7H2;1-6H,(H2,9,11);1-6H;/q+2;+1;;/p+1. The monoisotopic (exact) mass is 607 g/mol. The third-order valence-corrected chi connectivity index (χ3v) is 5.29. The Labute approximate surface area is 236 Å². The van der Waals surface area contributed by atoms with E-state index in [-0.39, 0.29) is 19.5 Å². The fourth-order valence-corrected chi connectivity index (χ4v) is 3.51. The molecule has 39 heavy (non-hydrogen) atoms. The number of nitrogens with two attached hydrogens (primary N) is 1. The Morgan fingerprint density at radius 1 is 0.564 bits per heavy atom. The van der Waals surface area contributed by atoms with Gasteiger partial charge < -0.3 is 0 Å². The van der Waals surface area contributed by atoms with Crippen molar-refractivity contribution in [3.63, 3.8) is 0 Å². The molecule has 13 nitrogen and oxygen atoms in total. The van der Waals surface area contributed by atoms with Gasteiger partial charge in [0.15, 0.2) is 24.8 Å². The number of fused-ring (bicyclic) bond motifs is 3. The first-order valence-electron chi connectivity index (χ1n) is 11.4. The number of nitrogens with one attached hydrogen (secondary N) is 1. The average Bonchev–Trinajstić information content (AvgIpc) is 3.38. The summed E-state index contributed by atoms with van der Waals surface area (Å²) in [6.45, 7) is 0.857. The molecule has 14 heteroatoms. The largest absolute Gasteiger partial charge is 0.345 e. The summed E-state index contributed by atoms with van der Waals surface area (Å²) in [7, 11) is 0. The van der Waals surface area contributed by atoms with E-state index in [0.717, 1.165) is 40.8 Å². The van der Waals surface area contributed by atoms with Gasteiger partial charge in [-0.25, -0.2) is 15.8 Å². The maximum absolute atomic E-state index is 5.68. The summed E-state index contributed by atoms with van der Waals surface area (Å²) in [5.41, 5.74) is 5.25. The Balaban J connectivity index is 0.000000134. The summed E-state index contributed by atoms with van der Waals surface area (Å²) in [5, 5.41) is 0. The van der Waals surface area contributed by atoms with Gasteiger partial charge in [0.2, 0.25) is 11.9 Å². The van der Waals surface area contributed by atoms with Crippen LogP contribution in [-0.4, -0.2) is 39.9 Å². The fourth-order valence-electron chi connectivity index (χ4n) is 3.51. The van der Waals surface area contributed by atoms with Crippen molar-refractivity contribution in [2.45, 2.75) is 6.67 Å². The van der Waals surface area contributed by atoms with Gasteiger partial charge in [0.1, 0.15) is 30.0 Å². The van der Waals surface area contributed by atoms with Crippen LogP contribution < -0.4 is 24.6 Å². The van der Waals surface area contributed by atoms with Gasteiger partial charge >= 0.3 is 18.1 Å². The van der Waals surface area contributed by atoms with Crippen LogP contribution >= 0.6 is 0 Å². The molecular weight excluding hydrogens is 583 g/mol. The zero-order valence-corrected chi connectivity index (χ0v) is 22.2. The normalized spacial score (nSPS) is 10.4. The third-order valence-electron chi connectivity index (χ3n) is 5.29. The van der Waals surface area contributed by atoms with Crippen LogP contribution in [0.4, 0.5) is 0 Å². The quantitative estimate of drug-likeness (QED) is 0.155. The van der Waals surface area contributed by atoms with E-state index in [2.05, 4.69) is 54.0 Å².